The Morgan fingerprint density at radius 3 is 2.53 bits per heavy atom. The van der Waals surface area contributed by atoms with Crippen molar-refractivity contribution in [1.29, 1.82) is 0 Å². The molecule has 0 heterocycles. The summed E-state index contributed by atoms with van der Waals surface area (Å²) in [6.45, 7) is 2.00. The van der Waals surface area contributed by atoms with Gasteiger partial charge in [-0.05, 0) is 24.6 Å². The number of aliphatic hydroxyl groups excluding tert-OH is 1. The van der Waals surface area contributed by atoms with Crippen molar-refractivity contribution in [3.63, 3.8) is 0 Å². The van der Waals surface area contributed by atoms with Crippen molar-refractivity contribution in [2.45, 2.75) is 19.1 Å². The summed E-state index contributed by atoms with van der Waals surface area (Å²) in [4.78, 5) is 0. The second-order valence-corrected chi connectivity index (χ2v) is 3.37. The van der Waals surface area contributed by atoms with Crippen molar-refractivity contribution < 1.29 is 9.84 Å². The molecule has 3 nitrogen and oxygen atoms in total. The summed E-state index contributed by atoms with van der Waals surface area (Å²) >= 11 is 0. The van der Waals surface area contributed by atoms with Gasteiger partial charge in [0.15, 0.2) is 0 Å². The first-order chi connectivity index (χ1) is 7.15. The minimum Gasteiger partial charge on any atom is -0.481 e. The fraction of sp³-hybridized carbons (Fsp3) is 0.333. The summed E-state index contributed by atoms with van der Waals surface area (Å²) in [6.07, 6.45) is 4.42. The summed E-state index contributed by atoms with van der Waals surface area (Å²) in [5.41, 5.74) is 6.35. The molecule has 2 atom stereocenters. The first kappa shape index (κ1) is 11.6. The molecule has 1 aromatic carbocycles. The van der Waals surface area contributed by atoms with E-state index in [9.17, 15) is 5.11 Å². The Morgan fingerprint density at radius 2 is 2.07 bits per heavy atom. The molecule has 80 valence electrons. The van der Waals surface area contributed by atoms with E-state index in [1.807, 2.05) is 0 Å². The van der Waals surface area contributed by atoms with Gasteiger partial charge in [-0.15, -0.1) is 6.42 Å². The molecule has 2 unspecified atom stereocenters. The lowest BCUT2D eigenvalue weighted by Gasteiger charge is -2.14. The molecule has 0 amide bonds. The zero-order valence-corrected chi connectivity index (χ0v) is 8.68. The highest BCUT2D eigenvalue weighted by Gasteiger charge is 2.11. The summed E-state index contributed by atoms with van der Waals surface area (Å²) in [6, 6.07) is 6.79. The molecule has 1 rings (SSSR count). The summed E-state index contributed by atoms with van der Waals surface area (Å²) in [5.74, 6) is 3.07. The van der Waals surface area contributed by atoms with Gasteiger partial charge in [0.05, 0.1) is 6.10 Å². The van der Waals surface area contributed by atoms with Gasteiger partial charge in [-0.2, -0.15) is 0 Å². The Hall–Kier alpha value is -1.50. The Bertz CT molecular complexity index is 338. The quantitative estimate of drug-likeness (QED) is 0.723. The van der Waals surface area contributed by atoms with Crippen LogP contribution in [0.2, 0.25) is 0 Å². The Balaban J connectivity index is 2.68. The highest BCUT2D eigenvalue weighted by Crippen LogP contribution is 2.19. The molecule has 0 saturated heterocycles. The van der Waals surface area contributed by atoms with Crippen LogP contribution in [0.25, 0.3) is 0 Å². The van der Waals surface area contributed by atoms with Gasteiger partial charge in [0.2, 0.25) is 0 Å². The molecule has 0 saturated carbocycles. The lowest BCUT2D eigenvalue weighted by Crippen LogP contribution is -2.24. The predicted octanol–water partition coefficient (Wildman–Crippen LogP) is 1.08. The highest BCUT2D eigenvalue weighted by molar-refractivity contribution is 5.29. The third kappa shape index (κ3) is 3.28. The van der Waals surface area contributed by atoms with Gasteiger partial charge in [0, 0.05) is 6.04 Å². The largest absolute Gasteiger partial charge is 0.481 e. The SMILES string of the molecule is C#CCOc1ccc(C(O)C(C)N)cc1. The maximum absolute atomic E-state index is 9.67. The van der Waals surface area contributed by atoms with Gasteiger partial charge in [0.1, 0.15) is 12.4 Å². The zero-order valence-electron chi connectivity index (χ0n) is 8.68. The first-order valence-corrected chi connectivity index (χ1v) is 4.75. The minimum atomic E-state index is -0.647. The van der Waals surface area contributed by atoms with E-state index in [1.54, 1.807) is 31.2 Å². The highest BCUT2D eigenvalue weighted by atomic mass is 16.5. The van der Waals surface area contributed by atoms with Crippen LogP contribution in [0.4, 0.5) is 0 Å². The monoisotopic (exact) mass is 205 g/mol. The Labute approximate surface area is 89.9 Å². The molecule has 15 heavy (non-hydrogen) atoms. The van der Waals surface area contributed by atoms with Crippen molar-refractivity contribution >= 4 is 0 Å². The van der Waals surface area contributed by atoms with E-state index in [0.717, 1.165) is 5.56 Å². The number of ether oxygens (including phenoxy) is 1. The van der Waals surface area contributed by atoms with E-state index < -0.39 is 6.10 Å². The second kappa shape index (κ2) is 5.40. The number of hydrogen-bond donors (Lipinski definition) is 2. The van der Waals surface area contributed by atoms with Gasteiger partial charge >= 0.3 is 0 Å². The maximum Gasteiger partial charge on any atom is 0.148 e. The summed E-state index contributed by atoms with van der Waals surface area (Å²) in [5, 5.41) is 9.67. The van der Waals surface area contributed by atoms with Gasteiger partial charge in [-0.1, -0.05) is 18.1 Å². The fourth-order valence-corrected chi connectivity index (χ4v) is 1.19. The molecular weight excluding hydrogens is 190 g/mol. The van der Waals surface area contributed by atoms with E-state index in [4.69, 9.17) is 16.9 Å². The topological polar surface area (TPSA) is 55.5 Å². The molecule has 0 bridgehead atoms. The number of aliphatic hydroxyl groups is 1. The Morgan fingerprint density at radius 1 is 1.47 bits per heavy atom. The van der Waals surface area contributed by atoms with E-state index in [1.165, 1.54) is 0 Å². The Kier molecular flexibility index (Phi) is 4.17. The number of rotatable bonds is 4. The average Bonchev–Trinajstić information content (AvgIpc) is 2.26. The number of benzene rings is 1. The molecule has 0 spiro atoms. The number of hydrogen-bond acceptors (Lipinski definition) is 3. The van der Waals surface area contributed by atoms with Gasteiger partial charge in [-0.25, -0.2) is 0 Å². The smallest absolute Gasteiger partial charge is 0.148 e. The lowest BCUT2D eigenvalue weighted by molar-refractivity contribution is 0.153. The molecule has 0 fully saturated rings. The molecule has 0 radical (unpaired) electrons. The van der Waals surface area contributed by atoms with Crippen LogP contribution in [0, 0.1) is 12.3 Å². The number of terminal acetylenes is 1. The predicted molar refractivity (Wildman–Crippen MR) is 59.4 cm³/mol. The van der Waals surface area contributed by atoms with Gasteiger partial charge < -0.3 is 15.6 Å². The van der Waals surface area contributed by atoms with Crippen LogP contribution >= 0.6 is 0 Å². The van der Waals surface area contributed by atoms with Crippen LogP contribution in [-0.4, -0.2) is 17.8 Å². The molecule has 0 aliphatic rings. The van der Waals surface area contributed by atoms with E-state index >= 15 is 0 Å². The van der Waals surface area contributed by atoms with Crippen molar-refractivity contribution in [2.24, 2.45) is 5.73 Å². The van der Waals surface area contributed by atoms with E-state index in [-0.39, 0.29) is 12.6 Å². The third-order valence-electron chi connectivity index (χ3n) is 2.04. The minimum absolute atomic E-state index is 0.245. The molecule has 1 aromatic rings. The molecule has 0 aliphatic carbocycles. The average molecular weight is 205 g/mol. The van der Waals surface area contributed by atoms with E-state index in [0.29, 0.717) is 5.75 Å². The number of nitrogens with two attached hydrogens (primary N) is 1. The van der Waals surface area contributed by atoms with E-state index in [2.05, 4.69) is 5.92 Å². The van der Waals surface area contributed by atoms with Crippen LogP contribution in [0.5, 0.6) is 5.75 Å². The molecular formula is C12H15NO2. The molecule has 3 N–H and O–H groups in total. The molecule has 0 aliphatic heterocycles. The van der Waals surface area contributed by atoms with Crippen LogP contribution < -0.4 is 10.5 Å². The van der Waals surface area contributed by atoms with Crippen LogP contribution in [-0.2, 0) is 0 Å². The molecule has 0 aromatic heterocycles. The standard InChI is InChI=1S/C12H15NO2/c1-3-8-15-11-6-4-10(5-7-11)12(14)9(2)13/h1,4-7,9,12,14H,8,13H2,2H3. The summed E-state index contributed by atoms with van der Waals surface area (Å²) in [7, 11) is 0. The fourth-order valence-electron chi connectivity index (χ4n) is 1.19. The van der Waals surface area contributed by atoms with Crippen molar-refractivity contribution in [1.82, 2.24) is 0 Å². The zero-order chi connectivity index (χ0) is 11.3. The first-order valence-electron chi connectivity index (χ1n) is 4.75. The van der Waals surface area contributed by atoms with Crippen molar-refractivity contribution in [3.8, 4) is 18.1 Å². The van der Waals surface area contributed by atoms with Crippen molar-refractivity contribution in [3.05, 3.63) is 29.8 Å². The molecule has 3 heteroatoms. The normalized spacial score (nSPS) is 14.0. The van der Waals surface area contributed by atoms with Gasteiger partial charge in [-0.3, -0.25) is 0 Å². The van der Waals surface area contributed by atoms with Crippen molar-refractivity contribution in [2.75, 3.05) is 6.61 Å². The lowest BCUT2D eigenvalue weighted by atomic mass is 10.0. The maximum atomic E-state index is 9.67. The van der Waals surface area contributed by atoms with Crippen LogP contribution in [0.3, 0.4) is 0 Å². The van der Waals surface area contributed by atoms with Gasteiger partial charge in [0.25, 0.3) is 0 Å². The second-order valence-electron chi connectivity index (χ2n) is 3.37. The van der Waals surface area contributed by atoms with Crippen LogP contribution in [0.1, 0.15) is 18.6 Å². The third-order valence-corrected chi connectivity index (χ3v) is 2.04. The van der Waals surface area contributed by atoms with Crippen LogP contribution in [0.15, 0.2) is 24.3 Å². The summed E-state index contributed by atoms with van der Waals surface area (Å²) < 4.78 is 5.20.